The topological polar surface area (TPSA) is 90.0 Å². The second kappa shape index (κ2) is 8.71. The van der Waals surface area contributed by atoms with E-state index in [9.17, 15) is 9.59 Å². The van der Waals surface area contributed by atoms with Crippen molar-refractivity contribution >= 4 is 28.5 Å². The lowest BCUT2D eigenvalue weighted by atomic mass is 9.95. The Morgan fingerprint density at radius 3 is 2.82 bits per heavy atom. The number of rotatable bonds is 5. The largest absolute Gasteiger partial charge is 0.454 e. The molecule has 2 aliphatic rings. The van der Waals surface area contributed by atoms with Gasteiger partial charge in [0.25, 0.3) is 5.91 Å². The maximum Gasteiger partial charge on any atom is 0.339 e. The van der Waals surface area contributed by atoms with Gasteiger partial charge in [0.05, 0.1) is 11.1 Å². The van der Waals surface area contributed by atoms with E-state index in [0.29, 0.717) is 35.3 Å². The Bertz CT molecular complexity index is 1240. The summed E-state index contributed by atoms with van der Waals surface area (Å²) in [7, 11) is 0. The molecule has 8 heteroatoms. The van der Waals surface area contributed by atoms with E-state index in [-0.39, 0.29) is 6.79 Å². The zero-order valence-electron chi connectivity index (χ0n) is 18.6. The first-order valence-corrected chi connectivity index (χ1v) is 11.0. The molecule has 0 saturated heterocycles. The highest BCUT2D eigenvalue weighted by molar-refractivity contribution is 6.06. The number of aromatic nitrogens is 1. The van der Waals surface area contributed by atoms with E-state index in [0.717, 1.165) is 35.1 Å². The molecule has 0 spiro atoms. The number of hydrogen-bond acceptors (Lipinski definition) is 7. The van der Waals surface area contributed by atoms with Crippen molar-refractivity contribution in [3.63, 3.8) is 0 Å². The number of amides is 1. The molecule has 2 aromatic carbocycles. The van der Waals surface area contributed by atoms with Gasteiger partial charge in [0, 0.05) is 53.9 Å². The molecule has 33 heavy (non-hydrogen) atoms. The van der Waals surface area contributed by atoms with Gasteiger partial charge in [0.2, 0.25) is 6.79 Å². The van der Waals surface area contributed by atoms with E-state index in [1.54, 1.807) is 18.2 Å². The van der Waals surface area contributed by atoms with E-state index >= 15 is 0 Å². The number of anilines is 1. The Balaban J connectivity index is 1.35. The van der Waals surface area contributed by atoms with Gasteiger partial charge in [0.15, 0.2) is 18.1 Å². The van der Waals surface area contributed by atoms with Crippen molar-refractivity contribution in [2.45, 2.75) is 32.9 Å². The number of fused-ring (bicyclic) bond motifs is 3. The molecule has 1 aromatic heterocycles. The summed E-state index contributed by atoms with van der Waals surface area (Å²) >= 11 is 0. The minimum atomic E-state index is -0.517. The molecule has 5 rings (SSSR count). The van der Waals surface area contributed by atoms with Crippen LogP contribution in [0, 0.1) is 0 Å². The molecule has 0 aliphatic carbocycles. The maximum atomic E-state index is 13.2. The summed E-state index contributed by atoms with van der Waals surface area (Å²) in [6.07, 6.45) is 0.767. The van der Waals surface area contributed by atoms with E-state index in [2.05, 4.69) is 24.1 Å². The third-order valence-electron chi connectivity index (χ3n) is 6.00. The molecular formula is C25H25N3O5. The average Bonchev–Trinajstić information content (AvgIpc) is 3.28. The van der Waals surface area contributed by atoms with Crippen molar-refractivity contribution in [2.24, 2.45) is 0 Å². The van der Waals surface area contributed by atoms with Crippen LogP contribution in [0.1, 0.15) is 35.5 Å². The molecule has 0 bridgehead atoms. The fraction of sp³-hybridized carbons (Fsp3) is 0.320. The Labute approximate surface area is 191 Å². The lowest BCUT2D eigenvalue weighted by Gasteiger charge is -2.32. The minimum Gasteiger partial charge on any atom is -0.454 e. The van der Waals surface area contributed by atoms with E-state index in [1.165, 1.54) is 0 Å². The van der Waals surface area contributed by atoms with E-state index in [1.807, 2.05) is 24.3 Å². The molecule has 0 fully saturated rings. The number of esters is 1. The monoisotopic (exact) mass is 447 g/mol. The number of carbonyl (C=O) groups excluding carboxylic acids is 2. The van der Waals surface area contributed by atoms with Crippen LogP contribution in [-0.4, -0.2) is 47.7 Å². The summed E-state index contributed by atoms with van der Waals surface area (Å²) in [5.41, 5.74) is 3.60. The van der Waals surface area contributed by atoms with Gasteiger partial charge in [-0.3, -0.25) is 14.7 Å². The third-order valence-corrected chi connectivity index (χ3v) is 6.00. The van der Waals surface area contributed by atoms with Crippen LogP contribution in [-0.2, 0) is 22.5 Å². The van der Waals surface area contributed by atoms with Crippen molar-refractivity contribution in [1.82, 2.24) is 9.88 Å². The molecule has 0 unspecified atom stereocenters. The number of para-hydroxylation sites is 1. The standard InChI is InChI=1S/C25H25N3O5/c1-15(2)28-10-9-20-18(12-28)24(17-5-3-4-6-19(17)27-20)25(30)31-13-23(29)26-16-7-8-21-22(11-16)33-14-32-21/h3-8,11,15H,9-10,12-14H2,1-2H3,(H,26,29). The van der Waals surface area contributed by atoms with Gasteiger partial charge in [-0.1, -0.05) is 18.2 Å². The van der Waals surface area contributed by atoms with Crippen molar-refractivity contribution in [3.05, 3.63) is 59.3 Å². The van der Waals surface area contributed by atoms with Gasteiger partial charge in [-0.25, -0.2) is 4.79 Å². The Morgan fingerprint density at radius 2 is 1.97 bits per heavy atom. The molecule has 8 nitrogen and oxygen atoms in total. The molecule has 0 atom stereocenters. The predicted molar refractivity (Wildman–Crippen MR) is 122 cm³/mol. The van der Waals surface area contributed by atoms with Gasteiger partial charge in [0.1, 0.15) is 0 Å². The second-order valence-electron chi connectivity index (χ2n) is 8.44. The predicted octanol–water partition coefficient (Wildman–Crippen LogP) is 3.53. The van der Waals surface area contributed by atoms with E-state index < -0.39 is 18.5 Å². The van der Waals surface area contributed by atoms with Crippen LogP contribution in [0.3, 0.4) is 0 Å². The number of hydrogen-bond donors (Lipinski definition) is 1. The highest BCUT2D eigenvalue weighted by Crippen LogP contribution is 2.34. The summed E-state index contributed by atoms with van der Waals surface area (Å²) in [4.78, 5) is 32.8. The fourth-order valence-corrected chi connectivity index (χ4v) is 4.26. The first-order chi connectivity index (χ1) is 16.0. The van der Waals surface area contributed by atoms with Crippen LogP contribution in [0.25, 0.3) is 10.9 Å². The zero-order chi connectivity index (χ0) is 22.9. The van der Waals surface area contributed by atoms with Gasteiger partial charge < -0.3 is 19.5 Å². The first kappa shape index (κ1) is 21.2. The first-order valence-electron chi connectivity index (χ1n) is 11.0. The Kier molecular flexibility index (Phi) is 5.60. The average molecular weight is 447 g/mol. The van der Waals surface area contributed by atoms with Crippen molar-refractivity contribution < 1.29 is 23.8 Å². The second-order valence-corrected chi connectivity index (χ2v) is 8.44. The molecule has 2 aliphatic heterocycles. The van der Waals surface area contributed by atoms with Crippen LogP contribution in [0.5, 0.6) is 11.5 Å². The molecular weight excluding hydrogens is 422 g/mol. The third kappa shape index (κ3) is 4.21. The van der Waals surface area contributed by atoms with Crippen molar-refractivity contribution in [1.29, 1.82) is 0 Å². The smallest absolute Gasteiger partial charge is 0.339 e. The van der Waals surface area contributed by atoms with Crippen LogP contribution in [0.2, 0.25) is 0 Å². The van der Waals surface area contributed by atoms with E-state index in [4.69, 9.17) is 19.2 Å². The molecule has 0 saturated carbocycles. The summed E-state index contributed by atoms with van der Waals surface area (Å²) in [5, 5.41) is 3.47. The van der Waals surface area contributed by atoms with Gasteiger partial charge in [-0.15, -0.1) is 0 Å². The highest BCUT2D eigenvalue weighted by atomic mass is 16.7. The Hall–Kier alpha value is -3.65. The number of ether oxygens (including phenoxy) is 3. The SMILES string of the molecule is CC(C)N1CCc2nc3ccccc3c(C(=O)OCC(=O)Nc3ccc4c(c3)OCO4)c2C1. The zero-order valence-corrected chi connectivity index (χ0v) is 18.6. The van der Waals surface area contributed by atoms with Crippen LogP contribution in [0.4, 0.5) is 5.69 Å². The highest BCUT2D eigenvalue weighted by Gasteiger charge is 2.28. The number of carbonyl (C=O) groups is 2. The van der Waals surface area contributed by atoms with Crippen LogP contribution in [0.15, 0.2) is 42.5 Å². The molecule has 170 valence electrons. The van der Waals surface area contributed by atoms with Gasteiger partial charge >= 0.3 is 5.97 Å². The van der Waals surface area contributed by atoms with Gasteiger partial charge in [-0.2, -0.15) is 0 Å². The molecule has 1 amide bonds. The minimum absolute atomic E-state index is 0.156. The Morgan fingerprint density at radius 1 is 1.15 bits per heavy atom. The summed E-state index contributed by atoms with van der Waals surface area (Å²) in [6.45, 7) is 5.55. The van der Waals surface area contributed by atoms with Crippen LogP contribution < -0.4 is 14.8 Å². The number of nitrogens with zero attached hydrogens (tertiary/aromatic N) is 2. The van der Waals surface area contributed by atoms with Crippen molar-refractivity contribution in [3.8, 4) is 11.5 Å². The quantitative estimate of drug-likeness (QED) is 0.599. The lowest BCUT2D eigenvalue weighted by molar-refractivity contribution is -0.119. The van der Waals surface area contributed by atoms with Crippen molar-refractivity contribution in [2.75, 3.05) is 25.3 Å². The lowest BCUT2D eigenvalue weighted by Crippen LogP contribution is -2.37. The molecule has 1 N–H and O–H groups in total. The molecule has 0 radical (unpaired) electrons. The fourth-order valence-electron chi connectivity index (χ4n) is 4.26. The maximum absolute atomic E-state index is 13.2. The molecule has 3 aromatic rings. The summed E-state index contributed by atoms with van der Waals surface area (Å²) < 4.78 is 16.1. The number of nitrogens with one attached hydrogen (secondary N) is 1. The van der Waals surface area contributed by atoms with Gasteiger partial charge in [-0.05, 0) is 32.0 Å². The summed E-state index contributed by atoms with van der Waals surface area (Å²) in [5.74, 6) is 0.244. The summed E-state index contributed by atoms with van der Waals surface area (Å²) in [6, 6.07) is 13.0. The number of benzene rings is 2. The van der Waals surface area contributed by atoms with Crippen LogP contribution >= 0.6 is 0 Å². The molecule has 3 heterocycles. The normalized spacial score (nSPS) is 14.9. The number of pyridine rings is 1.